The van der Waals surface area contributed by atoms with Crippen molar-refractivity contribution in [3.63, 3.8) is 0 Å². The van der Waals surface area contributed by atoms with Gasteiger partial charge in [0.25, 0.3) is 0 Å². The van der Waals surface area contributed by atoms with Crippen LogP contribution in [0.2, 0.25) is 5.02 Å². The summed E-state index contributed by atoms with van der Waals surface area (Å²) in [5.74, 6) is 0.847. The number of hydrogen-bond acceptors (Lipinski definition) is 2. The highest BCUT2D eigenvalue weighted by Gasteiger charge is 2.05. The molecular weight excluding hydrogens is 276 g/mol. The van der Waals surface area contributed by atoms with Gasteiger partial charge < -0.3 is 5.73 Å². The Balaban J connectivity index is 2.10. The normalized spacial score (nSPS) is 10.4. The molecule has 2 aromatic rings. The lowest BCUT2D eigenvalue weighted by Gasteiger charge is -2.07. The van der Waals surface area contributed by atoms with Crippen LogP contribution in [0.1, 0.15) is 16.7 Å². The second-order valence-corrected chi connectivity index (χ2v) is 5.78. The van der Waals surface area contributed by atoms with Crippen molar-refractivity contribution in [2.24, 2.45) is 5.73 Å². The topological polar surface area (TPSA) is 49.9 Å². The first kappa shape index (κ1) is 14.0. The quantitative estimate of drug-likeness (QED) is 0.503. The van der Waals surface area contributed by atoms with Gasteiger partial charge in [-0.15, -0.1) is 11.8 Å². The van der Waals surface area contributed by atoms with E-state index in [9.17, 15) is 0 Å². The maximum absolute atomic E-state index is 7.38. The summed E-state index contributed by atoms with van der Waals surface area (Å²) in [6.45, 7) is 2.08. The largest absolute Gasteiger partial charge is 0.384 e. The minimum absolute atomic E-state index is 0.0415. The highest BCUT2D eigenvalue weighted by molar-refractivity contribution is 7.98. The highest BCUT2D eigenvalue weighted by Crippen LogP contribution is 2.27. The van der Waals surface area contributed by atoms with Gasteiger partial charge in [-0.25, -0.2) is 0 Å². The lowest BCUT2D eigenvalue weighted by Crippen LogP contribution is -2.10. The third kappa shape index (κ3) is 3.75. The average molecular weight is 291 g/mol. The number of nitrogens with two attached hydrogens (primary N) is 1. The van der Waals surface area contributed by atoms with Crippen LogP contribution in [0, 0.1) is 12.3 Å². The van der Waals surface area contributed by atoms with Crippen LogP contribution in [0.25, 0.3) is 0 Å². The van der Waals surface area contributed by atoms with E-state index in [1.165, 1.54) is 10.5 Å². The first-order chi connectivity index (χ1) is 9.06. The fraction of sp³-hybridized carbons (Fsp3) is 0.133. The zero-order valence-corrected chi connectivity index (χ0v) is 12.2. The Hall–Kier alpha value is -1.45. The molecule has 98 valence electrons. The first-order valence-corrected chi connectivity index (χ1v) is 7.25. The summed E-state index contributed by atoms with van der Waals surface area (Å²) in [4.78, 5) is 1.23. The first-order valence-electron chi connectivity index (χ1n) is 5.88. The molecule has 0 saturated carbocycles. The Morgan fingerprint density at radius 2 is 2.05 bits per heavy atom. The van der Waals surface area contributed by atoms with Gasteiger partial charge in [0, 0.05) is 21.2 Å². The summed E-state index contributed by atoms with van der Waals surface area (Å²) < 4.78 is 0. The highest BCUT2D eigenvalue weighted by atomic mass is 35.5. The molecule has 3 N–H and O–H groups in total. The predicted molar refractivity (Wildman–Crippen MR) is 83.2 cm³/mol. The van der Waals surface area contributed by atoms with Gasteiger partial charge in [-0.3, -0.25) is 5.41 Å². The number of hydrogen-bond donors (Lipinski definition) is 2. The molecule has 0 unspecified atom stereocenters. The van der Waals surface area contributed by atoms with Crippen LogP contribution in [0.15, 0.2) is 47.4 Å². The number of nitrogens with one attached hydrogen (secondary N) is 1. The maximum atomic E-state index is 7.38. The number of nitrogen functional groups attached to an aromatic ring is 1. The van der Waals surface area contributed by atoms with Crippen molar-refractivity contribution in [3.8, 4) is 0 Å². The Labute approximate surface area is 122 Å². The second-order valence-electron chi connectivity index (χ2n) is 4.33. The molecule has 0 fully saturated rings. The third-order valence-corrected chi connectivity index (χ3v) is 4.14. The van der Waals surface area contributed by atoms with Gasteiger partial charge in [0.05, 0.1) is 0 Å². The summed E-state index contributed by atoms with van der Waals surface area (Å²) in [6.07, 6.45) is 0. The monoisotopic (exact) mass is 290 g/mol. The Morgan fingerprint density at radius 3 is 2.68 bits per heavy atom. The number of halogens is 1. The van der Waals surface area contributed by atoms with Gasteiger partial charge in [0.2, 0.25) is 0 Å². The zero-order chi connectivity index (χ0) is 13.8. The van der Waals surface area contributed by atoms with Gasteiger partial charge in [0.1, 0.15) is 5.84 Å². The van der Waals surface area contributed by atoms with Crippen molar-refractivity contribution >= 4 is 29.2 Å². The SMILES string of the molecule is Cc1cccc(SCc2ccc(C(=N)N)cc2Cl)c1. The number of rotatable bonds is 4. The van der Waals surface area contributed by atoms with E-state index in [0.717, 1.165) is 11.3 Å². The van der Waals surface area contributed by atoms with E-state index in [1.54, 1.807) is 17.8 Å². The summed E-state index contributed by atoms with van der Waals surface area (Å²) in [6, 6.07) is 13.9. The molecule has 2 rings (SSSR count). The van der Waals surface area contributed by atoms with Crippen LogP contribution in [0.5, 0.6) is 0 Å². The number of thioether (sulfide) groups is 1. The van der Waals surface area contributed by atoms with Crippen LogP contribution < -0.4 is 5.73 Å². The molecule has 0 atom stereocenters. The molecule has 0 aliphatic heterocycles. The molecule has 2 aromatic carbocycles. The minimum Gasteiger partial charge on any atom is -0.384 e. The van der Waals surface area contributed by atoms with Gasteiger partial charge >= 0.3 is 0 Å². The number of benzene rings is 2. The van der Waals surface area contributed by atoms with Gasteiger partial charge in [-0.05, 0) is 30.7 Å². The molecule has 2 nitrogen and oxygen atoms in total. The zero-order valence-electron chi connectivity index (χ0n) is 10.6. The molecular formula is C15H15ClN2S. The van der Waals surface area contributed by atoms with Crippen molar-refractivity contribution in [1.82, 2.24) is 0 Å². The van der Waals surface area contributed by atoms with Gasteiger partial charge in [-0.1, -0.05) is 41.4 Å². The molecule has 19 heavy (non-hydrogen) atoms. The minimum atomic E-state index is 0.0415. The molecule has 4 heteroatoms. The van der Waals surface area contributed by atoms with E-state index in [2.05, 4.69) is 31.2 Å². The molecule has 0 saturated heterocycles. The Bertz CT molecular complexity index is 611. The lowest BCUT2D eigenvalue weighted by molar-refractivity contribution is 1.33. The fourth-order valence-electron chi connectivity index (χ4n) is 1.70. The van der Waals surface area contributed by atoms with Crippen LogP contribution in [-0.4, -0.2) is 5.84 Å². The van der Waals surface area contributed by atoms with E-state index in [0.29, 0.717) is 10.6 Å². The maximum Gasteiger partial charge on any atom is 0.122 e. The predicted octanol–water partition coefficient (Wildman–Crippen LogP) is 4.22. The summed E-state index contributed by atoms with van der Waals surface area (Å²) in [5, 5.41) is 8.04. The van der Waals surface area contributed by atoms with Crippen molar-refractivity contribution in [3.05, 3.63) is 64.2 Å². The smallest absolute Gasteiger partial charge is 0.122 e. The van der Waals surface area contributed by atoms with Gasteiger partial charge in [0.15, 0.2) is 0 Å². The molecule has 0 aromatic heterocycles. The molecule has 0 amide bonds. The molecule has 0 bridgehead atoms. The van der Waals surface area contributed by atoms with Crippen molar-refractivity contribution in [1.29, 1.82) is 5.41 Å². The molecule has 0 heterocycles. The fourth-order valence-corrected chi connectivity index (χ4v) is 3.04. The van der Waals surface area contributed by atoms with E-state index < -0.39 is 0 Å². The van der Waals surface area contributed by atoms with Crippen LogP contribution in [-0.2, 0) is 5.75 Å². The van der Waals surface area contributed by atoms with E-state index >= 15 is 0 Å². The standard InChI is InChI=1S/C15H15ClN2S/c1-10-3-2-4-13(7-10)19-9-12-6-5-11(15(17)18)8-14(12)16/h2-8H,9H2,1H3,(H3,17,18). The molecule has 0 radical (unpaired) electrons. The third-order valence-electron chi connectivity index (χ3n) is 2.75. The van der Waals surface area contributed by atoms with Crippen LogP contribution in [0.4, 0.5) is 0 Å². The van der Waals surface area contributed by atoms with Crippen molar-refractivity contribution < 1.29 is 0 Å². The number of aryl methyl sites for hydroxylation is 1. The van der Waals surface area contributed by atoms with Crippen molar-refractivity contribution in [2.45, 2.75) is 17.6 Å². The molecule has 0 aliphatic rings. The Morgan fingerprint density at radius 1 is 1.26 bits per heavy atom. The number of amidine groups is 1. The summed E-state index contributed by atoms with van der Waals surface area (Å²) in [5.41, 5.74) is 8.40. The summed E-state index contributed by atoms with van der Waals surface area (Å²) in [7, 11) is 0. The molecule has 0 spiro atoms. The molecule has 0 aliphatic carbocycles. The van der Waals surface area contributed by atoms with Crippen molar-refractivity contribution in [2.75, 3.05) is 0 Å². The van der Waals surface area contributed by atoms with E-state index in [-0.39, 0.29) is 5.84 Å². The van der Waals surface area contributed by atoms with Crippen LogP contribution >= 0.6 is 23.4 Å². The summed E-state index contributed by atoms with van der Waals surface area (Å²) >= 11 is 7.95. The lowest BCUT2D eigenvalue weighted by atomic mass is 10.1. The van der Waals surface area contributed by atoms with Crippen LogP contribution in [0.3, 0.4) is 0 Å². The average Bonchev–Trinajstić information content (AvgIpc) is 2.37. The van der Waals surface area contributed by atoms with E-state index in [1.807, 2.05) is 12.1 Å². The Kier molecular flexibility index (Phi) is 4.51. The van der Waals surface area contributed by atoms with E-state index in [4.69, 9.17) is 22.7 Å². The van der Waals surface area contributed by atoms with Gasteiger partial charge in [-0.2, -0.15) is 0 Å². The second kappa shape index (κ2) is 6.13.